The molecule has 38 heavy (non-hydrogen) atoms. The van der Waals surface area contributed by atoms with Gasteiger partial charge in [-0.3, -0.25) is 19.5 Å². The Morgan fingerprint density at radius 3 is 2.74 bits per heavy atom. The van der Waals surface area contributed by atoms with Gasteiger partial charge in [0.15, 0.2) is 16.3 Å². The summed E-state index contributed by atoms with van der Waals surface area (Å²) < 4.78 is 18.2. The van der Waals surface area contributed by atoms with Gasteiger partial charge in [0.2, 0.25) is 0 Å². The summed E-state index contributed by atoms with van der Waals surface area (Å²) in [4.78, 5) is 42.4. The van der Waals surface area contributed by atoms with Crippen LogP contribution < -0.4 is 24.4 Å². The first kappa shape index (κ1) is 26.6. The molecule has 1 aliphatic heterocycles. The summed E-state index contributed by atoms with van der Waals surface area (Å²) in [6.45, 7) is 7.47. The molecule has 0 amide bonds. The number of benzene rings is 2. The Morgan fingerprint density at radius 2 is 2.05 bits per heavy atom. The number of esters is 1. The van der Waals surface area contributed by atoms with Crippen LogP contribution in [0.25, 0.3) is 6.08 Å². The molecule has 1 unspecified atom stereocenters. The van der Waals surface area contributed by atoms with E-state index < -0.39 is 22.5 Å². The van der Waals surface area contributed by atoms with Crippen molar-refractivity contribution >= 4 is 29.1 Å². The fourth-order valence-electron chi connectivity index (χ4n) is 4.11. The Bertz CT molecular complexity index is 1630. The standard InChI is InChI=1S/C27H25N3O7S/c1-5-12-37-20-11-10-18(15-21(20)35-4)24-23(26(32)36-6-2)16(3)28-27-29(24)25(31)22(38-27)14-17-8-7-9-19(13-17)30(33)34/h5,7-11,13-15,24H,1,6,12H2,2-4H3/b22-14-. The number of fused-ring (bicyclic) bond motifs is 1. The number of carbonyl (C=O) groups is 1. The minimum Gasteiger partial charge on any atom is -0.493 e. The Hall–Kier alpha value is -4.51. The first-order valence-corrected chi connectivity index (χ1v) is 12.5. The summed E-state index contributed by atoms with van der Waals surface area (Å²) in [6.07, 6.45) is 3.18. The van der Waals surface area contributed by atoms with Gasteiger partial charge >= 0.3 is 5.97 Å². The molecule has 2 aromatic carbocycles. The maximum atomic E-state index is 13.7. The lowest BCUT2D eigenvalue weighted by Gasteiger charge is -2.25. The van der Waals surface area contributed by atoms with Gasteiger partial charge in [-0.25, -0.2) is 9.79 Å². The van der Waals surface area contributed by atoms with Crippen molar-refractivity contribution in [1.29, 1.82) is 0 Å². The van der Waals surface area contributed by atoms with Gasteiger partial charge < -0.3 is 14.2 Å². The molecular formula is C27H25N3O7S. The van der Waals surface area contributed by atoms with Gasteiger partial charge in [-0.15, -0.1) is 0 Å². The van der Waals surface area contributed by atoms with Crippen molar-refractivity contribution in [2.75, 3.05) is 20.3 Å². The second-order valence-corrected chi connectivity index (χ2v) is 9.17. The molecule has 10 nitrogen and oxygen atoms in total. The molecule has 1 aliphatic rings. The third-order valence-electron chi connectivity index (χ3n) is 5.76. The van der Waals surface area contributed by atoms with Crippen LogP contribution in [0.2, 0.25) is 0 Å². The van der Waals surface area contributed by atoms with E-state index >= 15 is 0 Å². The van der Waals surface area contributed by atoms with Crippen LogP contribution in [0, 0.1) is 10.1 Å². The normalized spacial score (nSPS) is 14.9. The van der Waals surface area contributed by atoms with Crippen molar-refractivity contribution in [2.45, 2.75) is 19.9 Å². The molecule has 3 aromatic rings. The lowest BCUT2D eigenvalue weighted by atomic mass is 9.95. The summed E-state index contributed by atoms with van der Waals surface area (Å²) >= 11 is 1.13. The molecule has 0 fully saturated rings. The summed E-state index contributed by atoms with van der Waals surface area (Å²) in [7, 11) is 1.50. The van der Waals surface area contributed by atoms with Crippen molar-refractivity contribution in [3.63, 3.8) is 0 Å². The van der Waals surface area contributed by atoms with Crippen molar-refractivity contribution < 1.29 is 23.9 Å². The minimum atomic E-state index is -0.847. The molecule has 196 valence electrons. The number of methoxy groups -OCH3 is 1. The topological polar surface area (TPSA) is 122 Å². The van der Waals surface area contributed by atoms with Gasteiger partial charge in [-0.05, 0) is 43.2 Å². The number of ether oxygens (including phenoxy) is 3. The second-order valence-electron chi connectivity index (χ2n) is 8.16. The van der Waals surface area contributed by atoms with E-state index in [4.69, 9.17) is 14.2 Å². The van der Waals surface area contributed by atoms with Crippen LogP contribution in [0.5, 0.6) is 11.5 Å². The zero-order valence-corrected chi connectivity index (χ0v) is 21.8. The number of rotatable bonds is 9. The van der Waals surface area contributed by atoms with E-state index in [1.165, 1.54) is 23.8 Å². The van der Waals surface area contributed by atoms with Gasteiger partial charge in [0, 0.05) is 12.1 Å². The molecule has 0 saturated heterocycles. The molecule has 0 N–H and O–H groups in total. The lowest BCUT2D eigenvalue weighted by molar-refractivity contribution is -0.384. The van der Waals surface area contributed by atoms with Crippen LogP contribution in [0.4, 0.5) is 5.69 Å². The van der Waals surface area contributed by atoms with Gasteiger partial charge in [0.1, 0.15) is 6.61 Å². The number of thiazole rings is 1. The van der Waals surface area contributed by atoms with Crippen LogP contribution in [0.1, 0.15) is 31.0 Å². The van der Waals surface area contributed by atoms with E-state index in [2.05, 4.69) is 11.6 Å². The van der Waals surface area contributed by atoms with Crippen molar-refractivity contribution in [1.82, 2.24) is 4.57 Å². The van der Waals surface area contributed by atoms with Gasteiger partial charge in [0.25, 0.3) is 11.2 Å². The molecule has 0 spiro atoms. The second kappa shape index (κ2) is 11.3. The number of aromatic nitrogens is 1. The van der Waals surface area contributed by atoms with Gasteiger partial charge in [-0.2, -0.15) is 0 Å². The largest absolute Gasteiger partial charge is 0.493 e. The van der Waals surface area contributed by atoms with Crippen LogP contribution in [-0.2, 0) is 9.53 Å². The number of carbonyl (C=O) groups excluding carboxylic acids is 1. The molecule has 0 bridgehead atoms. The highest BCUT2D eigenvalue weighted by Gasteiger charge is 2.34. The van der Waals surface area contributed by atoms with Crippen LogP contribution in [0.3, 0.4) is 0 Å². The number of hydrogen-bond acceptors (Lipinski definition) is 9. The number of non-ortho nitro benzene ring substituents is 1. The highest BCUT2D eigenvalue weighted by molar-refractivity contribution is 7.07. The molecule has 2 heterocycles. The first-order chi connectivity index (χ1) is 18.3. The zero-order chi connectivity index (χ0) is 27.4. The monoisotopic (exact) mass is 535 g/mol. The zero-order valence-electron chi connectivity index (χ0n) is 21.0. The fraction of sp³-hybridized carbons (Fsp3) is 0.222. The Balaban J connectivity index is 1.93. The van der Waals surface area contributed by atoms with Gasteiger partial charge in [-0.1, -0.05) is 42.2 Å². The van der Waals surface area contributed by atoms with Crippen molar-refractivity contribution in [2.24, 2.45) is 4.99 Å². The van der Waals surface area contributed by atoms with E-state index in [1.807, 2.05) is 0 Å². The SMILES string of the molecule is C=CCOc1ccc(C2C(C(=O)OCC)=C(C)N=c3s/c(=C\c4cccc([N+](=O)[O-])c4)c(=O)n32)cc1OC. The summed E-state index contributed by atoms with van der Waals surface area (Å²) in [5.74, 6) is 0.311. The third-order valence-corrected chi connectivity index (χ3v) is 6.74. The molecule has 4 rings (SSSR count). The van der Waals surface area contributed by atoms with E-state index in [0.29, 0.717) is 37.7 Å². The predicted molar refractivity (Wildman–Crippen MR) is 142 cm³/mol. The predicted octanol–water partition coefficient (Wildman–Crippen LogP) is 3.28. The number of hydrogen-bond donors (Lipinski definition) is 0. The Morgan fingerprint density at radius 1 is 1.26 bits per heavy atom. The van der Waals surface area contributed by atoms with E-state index in [9.17, 15) is 19.7 Å². The number of allylic oxidation sites excluding steroid dienone is 1. The average molecular weight is 536 g/mol. The molecule has 0 radical (unpaired) electrons. The highest BCUT2D eigenvalue weighted by Crippen LogP contribution is 2.36. The Kier molecular flexibility index (Phi) is 7.87. The van der Waals surface area contributed by atoms with E-state index in [-0.39, 0.29) is 24.5 Å². The minimum absolute atomic E-state index is 0.0873. The molecule has 0 saturated carbocycles. The van der Waals surface area contributed by atoms with Crippen molar-refractivity contribution in [3.05, 3.63) is 107 Å². The molecule has 11 heteroatoms. The highest BCUT2D eigenvalue weighted by atomic mass is 32.1. The summed E-state index contributed by atoms with van der Waals surface area (Å²) in [5.41, 5.74) is 1.24. The molecule has 1 atom stereocenters. The number of nitrogens with zero attached hydrogens (tertiary/aromatic N) is 3. The average Bonchev–Trinajstić information content (AvgIpc) is 3.20. The van der Waals surface area contributed by atoms with Crippen LogP contribution >= 0.6 is 11.3 Å². The number of nitro groups is 1. The van der Waals surface area contributed by atoms with E-state index in [1.54, 1.807) is 56.3 Å². The molecule has 1 aromatic heterocycles. The first-order valence-electron chi connectivity index (χ1n) is 11.6. The third kappa shape index (κ3) is 5.14. The Labute approximate surface area is 221 Å². The quantitative estimate of drug-likeness (QED) is 0.178. The van der Waals surface area contributed by atoms with Crippen LogP contribution in [-0.4, -0.2) is 35.8 Å². The maximum Gasteiger partial charge on any atom is 0.338 e. The smallest absolute Gasteiger partial charge is 0.338 e. The van der Waals surface area contributed by atoms with Gasteiger partial charge in [0.05, 0.1) is 40.5 Å². The van der Waals surface area contributed by atoms with Crippen molar-refractivity contribution in [3.8, 4) is 11.5 Å². The van der Waals surface area contributed by atoms with Crippen LogP contribution in [0.15, 0.2) is 76.2 Å². The number of nitro benzene ring substituents is 1. The van der Waals surface area contributed by atoms with E-state index in [0.717, 1.165) is 11.3 Å². The maximum absolute atomic E-state index is 13.7. The fourth-order valence-corrected chi connectivity index (χ4v) is 5.16. The summed E-state index contributed by atoms with van der Waals surface area (Å²) in [6, 6.07) is 10.3. The lowest BCUT2D eigenvalue weighted by Crippen LogP contribution is -2.40. The molecular weight excluding hydrogens is 510 g/mol. The summed E-state index contributed by atoms with van der Waals surface area (Å²) in [5, 5.41) is 11.2. The molecule has 0 aliphatic carbocycles.